The van der Waals surface area contributed by atoms with Crippen LogP contribution in [0.15, 0.2) is 58.3 Å². The summed E-state index contributed by atoms with van der Waals surface area (Å²) in [6.07, 6.45) is 3.01. The Bertz CT molecular complexity index is 1220. The summed E-state index contributed by atoms with van der Waals surface area (Å²) >= 11 is 0. The first-order valence-corrected chi connectivity index (χ1v) is 14.5. The average molecular weight is 506 g/mol. The van der Waals surface area contributed by atoms with Crippen LogP contribution < -0.4 is 5.32 Å². The molecule has 0 aliphatic carbocycles. The van der Waals surface area contributed by atoms with E-state index in [1.807, 2.05) is 6.92 Å². The van der Waals surface area contributed by atoms with E-state index in [0.29, 0.717) is 32.5 Å². The van der Waals surface area contributed by atoms with Crippen LogP contribution in [-0.2, 0) is 31.4 Å². The molecular formula is C24H31N3O5S2. The van der Waals surface area contributed by atoms with Gasteiger partial charge in [0, 0.05) is 32.7 Å². The number of benzene rings is 2. The maximum absolute atomic E-state index is 13.0. The quantitative estimate of drug-likeness (QED) is 0.623. The first-order valence-electron chi connectivity index (χ1n) is 11.6. The second-order valence-corrected chi connectivity index (χ2v) is 12.9. The molecule has 0 aromatic heterocycles. The zero-order valence-electron chi connectivity index (χ0n) is 19.3. The monoisotopic (exact) mass is 505 g/mol. The van der Waals surface area contributed by atoms with Crippen molar-refractivity contribution in [3.05, 3.63) is 59.7 Å². The maximum Gasteiger partial charge on any atom is 0.243 e. The summed E-state index contributed by atoms with van der Waals surface area (Å²) in [6.45, 7) is 3.81. The van der Waals surface area contributed by atoms with Crippen molar-refractivity contribution in [2.45, 2.75) is 48.9 Å². The third kappa shape index (κ3) is 5.35. The van der Waals surface area contributed by atoms with Gasteiger partial charge in [0.1, 0.15) is 0 Å². The average Bonchev–Trinajstić information content (AvgIpc) is 3.39. The lowest BCUT2D eigenvalue weighted by molar-refractivity contribution is -0.126. The summed E-state index contributed by atoms with van der Waals surface area (Å²) in [7, 11) is -7.11. The van der Waals surface area contributed by atoms with E-state index in [0.717, 1.165) is 24.0 Å². The molecular weight excluding hydrogens is 474 g/mol. The number of carbonyl (C=O) groups is 1. The Balaban J connectivity index is 1.35. The fourth-order valence-corrected chi connectivity index (χ4v) is 7.47. The van der Waals surface area contributed by atoms with Gasteiger partial charge < -0.3 is 5.32 Å². The number of aryl methyl sites for hydroxylation is 1. The molecule has 1 amide bonds. The number of piperidine rings is 1. The molecule has 1 atom stereocenters. The zero-order chi connectivity index (χ0) is 24.3. The van der Waals surface area contributed by atoms with Crippen LogP contribution in [0.25, 0.3) is 0 Å². The van der Waals surface area contributed by atoms with Crippen molar-refractivity contribution in [2.75, 3.05) is 26.2 Å². The fraction of sp³-hybridized carbons (Fsp3) is 0.458. The molecule has 10 heteroatoms. The third-order valence-corrected chi connectivity index (χ3v) is 10.3. The van der Waals surface area contributed by atoms with E-state index in [-0.39, 0.29) is 28.8 Å². The summed E-state index contributed by atoms with van der Waals surface area (Å²) < 4.78 is 54.2. The fourth-order valence-electron chi connectivity index (χ4n) is 4.42. The largest absolute Gasteiger partial charge is 0.352 e. The number of hydrogen-bond acceptors (Lipinski definition) is 5. The summed E-state index contributed by atoms with van der Waals surface area (Å²) in [6, 6.07) is 13.3. The normalized spacial score (nSPS) is 20.3. The second-order valence-electron chi connectivity index (χ2n) is 8.99. The van der Waals surface area contributed by atoms with Crippen LogP contribution in [0, 0.1) is 12.8 Å². The Morgan fingerprint density at radius 1 is 0.824 bits per heavy atom. The van der Waals surface area contributed by atoms with E-state index >= 15 is 0 Å². The summed E-state index contributed by atoms with van der Waals surface area (Å²) in [5.41, 5.74) is 1.77. The molecule has 0 radical (unpaired) electrons. The highest BCUT2D eigenvalue weighted by Gasteiger charge is 2.33. The first kappa shape index (κ1) is 24.8. The van der Waals surface area contributed by atoms with E-state index in [1.165, 1.54) is 8.61 Å². The van der Waals surface area contributed by atoms with Crippen LogP contribution in [0.1, 0.15) is 36.8 Å². The van der Waals surface area contributed by atoms with Gasteiger partial charge in [0.05, 0.1) is 15.7 Å². The van der Waals surface area contributed by atoms with E-state index in [9.17, 15) is 21.6 Å². The molecule has 8 nitrogen and oxygen atoms in total. The molecule has 0 saturated carbocycles. The Kier molecular flexibility index (Phi) is 7.42. The Morgan fingerprint density at radius 3 is 1.97 bits per heavy atom. The number of sulfonamides is 2. The van der Waals surface area contributed by atoms with Crippen molar-refractivity contribution < 1.29 is 21.6 Å². The number of hydrogen-bond donors (Lipinski definition) is 1. The summed E-state index contributed by atoms with van der Waals surface area (Å²) in [5, 5.41) is 2.88. The van der Waals surface area contributed by atoms with Gasteiger partial charge in [0.25, 0.3) is 0 Å². The van der Waals surface area contributed by atoms with Crippen LogP contribution in [-0.4, -0.2) is 57.5 Å². The van der Waals surface area contributed by atoms with Crippen molar-refractivity contribution in [1.29, 1.82) is 0 Å². The SMILES string of the molecule is Cc1ccc(S(=O)(=O)N2CCC[C@@H](C(=O)NCc3ccc(S(=O)(=O)N4CCCC4)cc3)C2)cc1. The summed E-state index contributed by atoms with van der Waals surface area (Å²) in [4.78, 5) is 13.3. The van der Waals surface area contributed by atoms with E-state index < -0.39 is 26.0 Å². The van der Waals surface area contributed by atoms with Crippen LogP contribution in [0.4, 0.5) is 0 Å². The van der Waals surface area contributed by atoms with E-state index in [2.05, 4.69) is 5.32 Å². The number of amides is 1. The lowest BCUT2D eigenvalue weighted by Crippen LogP contribution is -2.45. The molecule has 0 spiro atoms. The van der Waals surface area contributed by atoms with Crippen molar-refractivity contribution >= 4 is 26.0 Å². The number of nitrogens with one attached hydrogen (secondary N) is 1. The Hall–Kier alpha value is -2.27. The van der Waals surface area contributed by atoms with Crippen molar-refractivity contribution in [2.24, 2.45) is 5.92 Å². The second kappa shape index (κ2) is 10.2. The minimum Gasteiger partial charge on any atom is -0.352 e. The predicted molar refractivity (Wildman–Crippen MR) is 129 cm³/mol. The highest BCUT2D eigenvalue weighted by molar-refractivity contribution is 7.89. The van der Waals surface area contributed by atoms with Crippen molar-refractivity contribution in [3.63, 3.8) is 0 Å². The highest BCUT2D eigenvalue weighted by atomic mass is 32.2. The molecule has 2 aliphatic rings. The third-order valence-electron chi connectivity index (χ3n) is 6.51. The molecule has 184 valence electrons. The molecule has 2 heterocycles. The van der Waals surface area contributed by atoms with Gasteiger partial charge >= 0.3 is 0 Å². The Labute approximate surface area is 202 Å². The molecule has 2 aliphatic heterocycles. The molecule has 34 heavy (non-hydrogen) atoms. The van der Waals surface area contributed by atoms with Gasteiger partial charge in [-0.05, 0) is 62.4 Å². The van der Waals surface area contributed by atoms with Crippen LogP contribution in [0.5, 0.6) is 0 Å². The lowest BCUT2D eigenvalue weighted by Gasteiger charge is -2.31. The first-order chi connectivity index (χ1) is 16.2. The molecule has 0 bridgehead atoms. The molecule has 0 unspecified atom stereocenters. The van der Waals surface area contributed by atoms with Crippen LogP contribution in [0.2, 0.25) is 0 Å². The lowest BCUT2D eigenvalue weighted by atomic mass is 9.99. The Morgan fingerprint density at radius 2 is 1.35 bits per heavy atom. The van der Waals surface area contributed by atoms with Gasteiger partial charge in [-0.1, -0.05) is 29.8 Å². The van der Waals surface area contributed by atoms with Gasteiger partial charge in [-0.25, -0.2) is 16.8 Å². The van der Waals surface area contributed by atoms with Gasteiger partial charge in [-0.15, -0.1) is 0 Å². The maximum atomic E-state index is 13.0. The molecule has 2 aromatic rings. The zero-order valence-corrected chi connectivity index (χ0v) is 20.9. The molecule has 2 saturated heterocycles. The van der Waals surface area contributed by atoms with Crippen LogP contribution in [0.3, 0.4) is 0 Å². The van der Waals surface area contributed by atoms with E-state index in [4.69, 9.17) is 0 Å². The van der Waals surface area contributed by atoms with Gasteiger partial charge in [0.2, 0.25) is 26.0 Å². The number of nitrogens with zero attached hydrogens (tertiary/aromatic N) is 2. The smallest absolute Gasteiger partial charge is 0.243 e. The minimum absolute atomic E-state index is 0.148. The molecule has 2 aromatic carbocycles. The van der Waals surface area contributed by atoms with Gasteiger partial charge in [-0.3, -0.25) is 4.79 Å². The predicted octanol–water partition coefficient (Wildman–Crippen LogP) is 2.50. The minimum atomic E-state index is -3.65. The van der Waals surface area contributed by atoms with E-state index in [1.54, 1.807) is 48.5 Å². The van der Waals surface area contributed by atoms with Crippen LogP contribution >= 0.6 is 0 Å². The number of rotatable bonds is 7. The number of carbonyl (C=O) groups excluding carboxylic acids is 1. The van der Waals surface area contributed by atoms with Crippen molar-refractivity contribution in [1.82, 2.24) is 13.9 Å². The highest BCUT2D eigenvalue weighted by Crippen LogP contribution is 2.25. The molecule has 4 rings (SSSR count). The van der Waals surface area contributed by atoms with Gasteiger partial charge in [-0.2, -0.15) is 8.61 Å². The summed E-state index contributed by atoms with van der Waals surface area (Å²) in [5.74, 6) is -0.624. The standard InChI is InChI=1S/C24H31N3O5S2/c1-19-6-10-22(11-7-19)34(31,32)27-16-4-5-21(18-27)24(28)25-17-20-8-12-23(13-9-20)33(29,30)26-14-2-3-15-26/h6-13,21H,2-5,14-18H2,1H3,(H,25,28)/t21-/m1/s1. The van der Waals surface area contributed by atoms with Gasteiger partial charge in [0.15, 0.2) is 0 Å². The molecule has 2 fully saturated rings. The molecule has 1 N–H and O–H groups in total. The topological polar surface area (TPSA) is 104 Å². The van der Waals surface area contributed by atoms with Crippen molar-refractivity contribution in [3.8, 4) is 0 Å².